The summed E-state index contributed by atoms with van der Waals surface area (Å²) >= 11 is 0. The third-order valence-electron chi connectivity index (χ3n) is 4.85. The Morgan fingerprint density at radius 3 is 2.58 bits per heavy atom. The maximum atomic E-state index is 9.55. The molecule has 0 aliphatic carbocycles. The second kappa shape index (κ2) is 10.9. The van der Waals surface area contributed by atoms with Crippen LogP contribution in [-0.2, 0) is 22.7 Å². The molecule has 13 nitrogen and oxygen atoms in total. The van der Waals surface area contributed by atoms with Crippen LogP contribution < -0.4 is 0 Å². The van der Waals surface area contributed by atoms with Crippen molar-refractivity contribution in [1.29, 1.82) is 0 Å². The minimum absolute atomic E-state index is 0.0315. The number of aliphatic hydroxyl groups is 1. The Kier molecular flexibility index (Phi) is 7.31. The van der Waals surface area contributed by atoms with E-state index in [9.17, 15) is 9.59 Å². The number of carboxylic acid groups (broad SMARTS) is 2. The van der Waals surface area contributed by atoms with Gasteiger partial charge >= 0.3 is 11.9 Å². The largest absolute Gasteiger partial charge is 0.478 e. The summed E-state index contributed by atoms with van der Waals surface area (Å²) in [6.07, 6.45) is 8.09. The molecule has 3 N–H and O–H groups in total. The van der Waals surface area contributed by atoms with E-state index >= 15 is 0 Å². The number of benzene rings is 1. The van der Waals surface area contributed by atoms with E-state index in [2.05, 4.69) is 36.4 Å². The van der Waals surface area contributed by atoms with E-state index in [1.807, 2.05) is 30.5 Å². The van der Waals surface area contributed by atoms with Crippen molar-refractivity contribution >= 4 is 34.1 Å². The predicted octanol–water partition coefficient (Wildman–Crippen LogP) is 1.39. The molecule has 0 spiro atoms. The van der Waals surface area contributed by atoms with Crippen LogP contribution in [0.5, 0.6) is 0 Å². The topological polar surface area (TPSA) is 182 Å². The average molecular weight is 488 g/mol. The fourth-order valence-electron chi connectivity index (χ4n) is 3.26. The van der Waals surface area contributed by atoms with Crippen LogP contribution in [0.1, 0.15) is 5.56 Å². The van der Waals surface area contributed by atoms with Crippen LogP contribution in [-0.4, -0.2) is 73.6 Å². The minimum Gasteiger partial charge on any atom is -0.478 e. The number of aliphatic carboxylic acids is 2. The molecule has 0 radical (unpaired) electrons. The van der Waals surface area contributed by atoms with E-state index in [0.717, 1.165) is 22.0 Å². The second-order valence-corrected chi connectivity index (χ2v) is 7.41. The lowest BCUT2D eigenvalue weighted by molar-refractivity contribution is -0.134. The summed E-state index contributed by atoms with van der Waals surface area (Å²) in [7, 11) is 0. The normalized spacial score (nSPS) is 11.0. The molecular weight excluding hydrogens is 468 g/mol. The highest BCUT2D eigenvalue weighted by Gasteiger charge is 2.12. The van der Waals surface area contributed by atoms with Gasteiger partial charge in [0, 0.05) is 35.5 Å². The quantitative estimate of drug-likeness (QED) is 0.281. The molecule has 0 aliphatic heterocycles. The highest BCUT2D eigenvalue weighted by molar-refractivity contribution is 5.89. The number of hydrogen-bond donors (Lipinski definition) is 3. The molecule has 1 aromatic carbocycles. The lowest BCUT2D eigenvalue weighted by atomic mass is 10.1. The Hall–Kier alpha value is -5.04. The van der Waals surface area contributed by atoms with E-state index in [4.69, 9.17) is 15.3 Å². The van der Waals surface area contributed by atoms with Gasteiger partial charge in [-0.2, -0.15) is 5.10 Å². The van der Waals surface area contributed by atoms with Crippen molar-refractivity contribution < 1.29 is 24.9 Å². The molecule has 0 amide bonds. The van der Waals surface area contributed by atoms with Gasteiger partial charge in [-0.3, -0.25) is 9.67 Å². The Bertz CT molecular complexity index is 1540. The van der Waals surface area contributed by atoms with Crippen molar-refractivity contribution in [3.05, 3.63) is 72.8 Å². The fourth-order valence-corrected chi connectivity index (χ4v) is 3.26. The Morgan fingerprint density at radius 2 is 1.83 bits per heavy atom. The van der Waals surface area contributed by atoms with Crippen molar-refractivity contribution in [3.63, 3.8) is 0 Å². The number of rotatable bonds is 7. The molecule has 0 aliphatic rings. The van der Waals surface area contributed by atoms with Crippen molar-refractivity contribution in [1.82, 2.24) is 39.7 Å². The predicted molar refractivity (Wildman–Crippen MR) is 127 cm³/mol. The number of nitrogens with zero attached hydrogens (tertiary/aromatic N) is 8. The van der Waals surface area contributed by atoms with Gasteiger partial charge in [0.05, 0.1) is 43.3 Å². The van der Waals surface area contributed by atoms with E-state index in [-0.39, 0.29) is 6.61 Å². The van der Waals surface area contributed by atoms with Crippen molar-refractivity contribution in [2.45, 2.75) is 13.1 Å². The van der Waals surface area contributed by atoms with Crippen molar-refractivity contribution in [3.8, 4) is 11.3 Å². The first-order chi connectivity index (χ1) is 17.4. The summed E-state index contributed by atoms with van der Waals surface area (Å²) < 4.78 is 3.40. The van der Waals surface area contributed by atoms with Gasteiger partial charge in [0.25, 0.3) is 0 Å². The molecule has 0 fully saturated rings. The monoisotopic (exact) mass is 488 g/mol. The SMILES string of the molecule is O=C(O)/C=C\C(=O)O.OCCn1cc(-c2cnc3nnn(Cc4ccc5ncccc5c4)c3n2)cn1. The molecule has 4 heterocycles. The number of aromatic nitrogens is 8. The number of pyridine rings is 1. The zero-order valence-electron chi connectivity index (χ0n) is 18.7. The standard InChI is InChI=1S/C19H16N8O.C4H4O4/c28-7-6-26-12-15(9-22-26)17-10-21-18-19(23-17)27(25-24-18)11-13-3-4-16-14(8-13)2-1-5-20-16;5-3(6)1-2-4(7)8/h1-5,8-10,12,28H,6-7,11H2;1-2H,(H,5,6)(H,7,8)/b;2-1-. The number of hydrogen-bond acceptors (Lipinski definition) is 9. The molecule has 0 bridgehead atoms. The maximum Gasteiger partial charge on any atom is 0.328 e. The molecule has 5 rings (SSSR count). The van der Waals surface area contributed by atoms with Gasteiger partial charge in [0.1, 0.15) is 0 Å². The van der Waals surface area contributed by atoms with Gasteiger partial charge < -0.3 is 15.3 Å². The number of fused-ring (bicyclic) bond motifs is 2. The van der Waals surface area contributed by atoms with Crippen LogP contribution in [0.2, 0.25) is 0 Å². The third-order valence-corrected chi connectivity index (χ3v) is 4.85. The molecule has 5 aromatic rings. The van der Waals surface area contributed by atoms with E-state index in [1.165, 1.54) is 0 Å². The average Bonchev–Trinajstić information content (AvgIpc) is 3.50. The first kappa shape index (κ1) is 24.1. The highest BCUT2D eigenvalue weighted by atomic mass is 16.4. The molecule has 36 heavy (non-hydrogen) atoms. The van der Waals surface area contributed by atoms with Gasteiger partial charge in [-0.05, 0) is 23.8 Å². The van der Waals surface area contributed by atoms with Crippen molar-refractivity contribution in [2.75, 3.05) is 6.61 Å². The summed E-state index contributed by atoms with van der Waals surface area (Å²) in [6, 6.07) is 10.1. The number of carbonyl (C=O) groups is 2. The molecule has 0 atom stereocenters. The van der Waals surface area contributed by atoms with Gasteiger partial charge in [-0.15, -0.1) is 5.10 Å². The first-order valence-electron chi connectivity index (χ1n) is 10.6. The maximum absolute atomic E-state index is 9.55. The van der Waals surface area contributed by atoms with Crippen LogP contribution in [0.3, 0.4) is 0 Å². The molecule has 13 heteroatoms. The van der Waals surface area contributed by atoms with Crippen molar-refractivity contribution in [2.24, 2.45) is 0 Å². The number of aliphatic hydroxyl groups excluding tert-OH is 1. The van der Waals surface area contributed by atoms with E-state index < -0.39 is 11.9 Å². The summed E-state index contributed by atoms with van der Waals surface area (Å²) in [5.74, 6) is -2.51. The lowest BCUT2D eigenvalue weighted by Crippen LogP contribution is -2.03. The molecule has 0 unspecified atom stereocenters. The fraction of sp³-hybridized carbons (Fsp3) is 0.130. The Labute approximate surface area is 203 Å². The smallest absolute Gasteiger partial charge is 0.328 e. The Balaban J connectivity index is 0.000000331. The van der Waals surface area contributed by atoms with Gasteiger partial charge in [0.15, 0.2) is 5.65 Å². The van der Waals surface area contributed by atoms with Crippen LogP contribution in [0, 0.1) is 0 Å². The van der Waals surface area contributed by atoms with Gasteiger partial charge in [-0.1, -0.05) is 17.3 Å². The van der Waals surface area contributed by atoms with Crippen LogP contribution >= 0.6 is 0 Å². The number of carboxylic acids is 2. The van der Waals surface area contributed by atoms with Gasteiger partial charge in [0.2, 0.25) is 5.65 Å². The second-order valence-electron chi connectivity index (χ2n) is 7.41. The molecule has 0 saturated carbocycles. The molecule has 0 saturated heterocycles. The molecule has 4 aromatic heterocycles. The van der Waals surface area contributed by atoms with Gasteiger partial charge in [-0.25, -0.2) is 24.2 Å². The highest BCUT2D eigenvalue weighted by Crippen LogP contribution is 2.19. The molecule has 182 valence electrons. The summed E-state index contributed by atoms with van der Waals surface area (Å²) in [4.78, 5) is 32.5. The minimum atomic E-state index is -1.26. The van der Waals surface area contributed by atoms with E-state index in [1.54, 1.807) is 28.0 Å². The lowest BCUT2D eigenvalue weighted by Gasteiger charge is -2.04. The molecular formula is C23H20N8O5. The third kappa shape index (κ3) is 5.90. The van der Waals surface area contributed by atoms with E-state index in [0.29, 0.717) is 42.2 Å². The summed E-state index contributed by atoms with van der Waals surface area (Å²) in [5.41, 5.74) is 4.65. The zero-order chi connectivity index (χ0) is 25.5. The summed E-state index contributed by atoms with van der Waals surface area (Å²) in [5, 5.41) is 38.3. The zero-order valence-corrected chi connectivity index (χ0v) is 18.7. The Morgan fingerprint density at radius 1 is 1.03 bits per heavy atom. The first-order valence-corrected chi connectivity index (χ1v) is 10.6. The van der Waals surface area contributed by atoms with Crippen LogP contribution in [0.15, 0.2) is 67.3 Å². The summed E-state index contributed by atoms with van der Waals surface area (Å²) in [6.45, 7) is 0.999. The van der Waals surface area contributed by atoms with Crippen LogP contribution in [0.4, 0.5) is 0 Å². The van der Waals surface area contributed by atoms with Crippen LogP contribution in [0.25, 0.3) is 33.5 Å².